The van der Waals surface area contributed by atoms with Gasteiger partial charge in [0.05, 0.1) is 11.0 Å². The summed E-state index contributed by atoms with van der Waals surface area (Å²) >= 11 is 0. The smallest absolute Gasteiger partial charge is 0.139 e. The van der Waals surface area contributed by atoms with Crippen molar-refractivity contribution in [2.24, 2.45) is 0 Å². The molecule has 0 radical (unpaired) electrons. The van der Waals surface area contributed by atoms with Gasteiger partial charge in [0.1, 0.15) is 18.2 Å². The highest BCUT2D eigenvalue weighted by molar-refractivity contribution is 5.85. The summed E-state index contributed by atoms with van der Waals surface area (Å²) in [7, 11) is 0. The van der Waals surface area contributed by atoms with Crippen LogP contribution in [-0.4, -0.2) is 9.97 Å². The molecule has 0 bridgehead atoms. The van der Waals surface area contributed by atoms with E-state index in [2.05, 4.69) is 47.4 Å². The van der Waals surface area contributed by atoms with Gasteiger partial charge in [0.15, 0.2) is 0 Å². The van der Waals surface area contributed by atoms with Crippen LogP contribution in [0.1, 0.15) is 5.56 Å². The van der Waals surface area contributed by atoms with E-state index in [-0.39, 0.29) is 0 Å². The maximum atomic E-state index is 6.02. The number of imidazole rings is 1. The van der Waals surface area contributed by atoms with Gasteiger partial charge < -0.3 is 9.72 Å². The molecule has 3 heteroatoms. The number of hydrogen-bond acceptors (Lipinski definition) is 2. The zero-order valence-electron chi connectivity index (χ0n) is 15.9. The van der Waals surface area contributed by atoms with Crippen LogP contribution in [-0.2, 0) is 6.61 Å². The molecule has 29 heavy (non-hydrogen) atoms. The summed E-state index contributed by atoms with van der Waals surface area (Å²) in [5.74, 6) is 1.73. The molecule has 0 fully saturated rings. The standard InChI is InChI=1S/C26H20N2O/c1-2-9-19(10-3-1)18-29-21-12-8-11-20(17-21)22-13-4-5-14-23(22)26-27-24-15-6-7-16-25(24)28-26/h1-17H,18H2,(H,27,28). The van der Waals surface area contributed by atoms with Gasteiger partial charge in [0.25, 0.3) is 0 Å². The van der Waals surface area contributed by atoms with Crippen molar-refractivity contribution in [1.82, 2.24) is 9.97 Å². The van der Waals surface area contributed by atoms with Gasteiger partial charge in [-0.05, 0) is 41.0 Å². The average Bonchev–Trinajstić information content (AvgIpc) is 3.23. The molecule has 0 aliphatic heterocycles. The number of rotatable bonds is 5. The van der Waals surface area contributed by atoms with Gasteiger partial charge in [-0.1, -0.05) is 78.9 Å². The number of H-pyrrole nitrogens is 1. The normalized spacial score (nSPS) is 10.9. The lowest BCUT2D eigenvalue weighted by Crippen LogP contribution is -1.95. The molecule has 0 unspecified atom stereocenters. The van der Waals surface area contributed by atoms with Crippen LogP contribution >= 0.6 is 0 Å². The average molecular weight is 376 g/mol. The molecular weight excluding hydrogens is 356 g/mol. The monoisotopic (exact) mass is 376 g/mol. The molecule has 5 rings (SSSR count). The first-order valence-electron chi connectivity index (χ1n) is 9.68. The molecule has 5 aromatic rings. The quantitative estimate of drug-likeness (QED) is 0.381. The van der Waals surface area contributed by atoms with Gasteiger partial charge in [-0.15, -0.1) is 0 Å². The second-order valence-electron chi connectivity index (χ2n) is 6.95. The first kappa shape index (κ1) is 17.3. The lowest BCUT2D eigenvalue weighted by atomic mass is 9.99. The molecule has 1 aromatic heterocycles. The van der Waals surface area contributed by atoms with Crippen LogP contribution in [0.25, 0.3) is 33.5 Å². The van der Waals surface area contributed by atoms with Gasteiger partial charge in [0.2, 0.25) is 0 Å². The van der Waals surface area contributed by atoms with Crippen molar-refractivity contribution in [2.45, 2.75) is 6.61 Å². The highest BCUT2D eigenvalue weighted by Gasteiger charge is 2.11. The highest BCUT2D eigenvalue weighted by Crippen LogP contribution is 2.33. The third-order valence-corrected chi connectivity index (χ3v) is 4.96. The number of nitrogens with one attached hydrogen (secondary N) is 1. The Morgan fingerprint density at radius 2 is 1.45 bits per heavy atom. The van der Waals surface area contributed by atoms with Crippen LogP contribution in [0.2, 0.25) is 0 Å². The van der Waals surface area contributed by atoms with E-state index in [1.54, 1.807) is 0 Å². The number of hydrogen-bond donors (Lipinski definition) is 1. The fraction of sp³-hybridized carbons (Fsp3) is 0.0385. The Labute approximate surface area is 169 Å². The molecule has 0 atom stereocenters. The van der Waals surface area contributed by atoms with Gasteiger partial charge in [0, 0.05) is 5.56 Å². The zero-order chi connectivity index (χ0) is 19.5. The van der Waals surface area contributed by atoms with Crippen molar-refractivity contribution in [3.8, 4) is 28.3 Å². The van der Waals surface area contributed by atoms with Crippen molar-refractivity contribution < 1.29 is 4.74 Å². The molecular formula is C26H20N2O. The summed E-state index contributed by atoms with van der Waals surface area (Å²) in [6.45, 7) is 0.551. The minimum Gasteiger partial charge on any atom is -0.489 e. The summed E-state index contributed by atoms with van der Waals surface area (Å²) in [6.07, 6.45) is 0. The summed E-state index contributed by atoms with van der Waals surface area (Å²) in [5, 5.41) is 0. The molecule has 0 amide bonds. The Balaban J connectivity index is 1.48. The highest BCUT2D eigenvalue weighted by atomic mass is 16.5. The lowest BCUT2D eigenvalue weighted by molar-refractivity contribution is 0.306. The molecule has 1 N–H and O–H groups in total. The van der Waals surface area contributed by atoms with Crippen molar-refractivity contribution in [1.29, 1.82) is 0 Å². The number of fused-ring (bicyclic) bond motifs is 1. The Morgan fingerprint density at radius 1 is 0.690 bits per heavy atom. The SMILES string of the molecule is c1ccc(COc2cccc(-c3ccccc3-c3nc4ccccc4[nH]3)c2)cc1. The zero-order valence-corrected chi connectivity index (χ0v) is 15.9. The summed E-state index contributed by atoms with van der Waals surface area (Å²) in [6, 6.07) is 34.9. The van der Waals surface area contributed by atoms with Crippen molar-refractivity contribution in [3.05, 3.63) is 109 Å². The van der Waals surface area contributed by atoms with E-state index < -0.39 is 0 Å². The first-order chi connectivity index (χ1) is 14.4. The second-order valence-corrected chi connectivity index (χ2v) is 6.95. The van der Waals surface area contributed by atoms with E-state index in [0.717, 1.165) is 44.9 Å². The number of ether oxygens (including phenoxy) is 1. The first-order valence-corrected chi connectivity index (χ1v) is 9.68. The molecule has 0 aliphatic rings. The number of aromatic nitrogens is 2. The largest absolute Gasteiger partial charge is 0.489 e. The predicted molar refractivity (Wildman–Crippen MR) is 118 cm³/mol. The van der Waals surface area contributed by atoms with E-state index in [1.165, 1.54) is 0 Å². The van der Waals surface area contributed by atoms with Crippen LogP contribution in [0.15, 0.2) is 103 Å². The van der Waals surface area contributed by atoms with Crippen LogP contribution in [0, 0.1) is 0 Å². The fourth-order valence-electron chi connectivity index (χ4n) is 3.52. The molecule has 4 aromatic carbocycles. The topological polar surface area (TPSA) is 37.9 Å². The van der Waals surface area contributed by atoms with Crippen LogP contribution < -0.4 is 4.74 Å². The van der Waals surface area contributed by atoms with Gasteiger partial charge >= 0.3 is 0 Å². The number of aromatic amines is 1. The molecule has 3 nitrogen and oxygen atoms in total. The molecule has 0 spiro atoms. The third-order valence-electron chi connectivity index (χ3n) is 4.96. The Hall–Kier alpha value is -3.85. The number of benzene rings is 4. The summed E-state index contributed by atoms with van der Waals surface area (Å²) < 4.78 is 6.02. The van der Waals surface area contributed by atoms with E-state index in [1.807, 2.05) is 60.7 Å². The van der Waals surface area contributed by atoms with Crippen LogP contribution in [0.5, 0.6) is 5.75 Å². The van der Waals surface area contributed by atoms with Gasteiger partial charge in [-0.2, -0.15) is 0 Å². The van der Waals surface area contributed by atoms with E-state index in [0.29, 0.717) is 6.61 Å². The Morgan fingerprint density at radius 3 is 2.31 bits per heavy atom. The van der Waals surface area contributed by atoms with Gasteiger partial charge in [-0.25, -0.2) is 4.98 Å². The fourth-order valence-corrected chi connectivity index (χ4v) is 3.52. The summed E-state index contributed by atoms with van der Waals surface area (Å²) in [4.78, 5) is 8.22. The third kappa shape index (κ3) is 3.63. The van der Waals surface area contributed by atoms with E-state index in [9.17, 15) is 0 Å². The van der Waals surface area contributed by atoms with Crippen molar-refractivity contribution in [2.75, 3.05) is 0 Å². The molecule has 0 aliphatic carbocycles. The van der Waals surface area contributed by atoms with Crippen molar-refractivity contribution >= 4 is 11.0 Å². The number of nitrogens with zero attached hydrogens (tertiary/aromatic N) is 1. The second kappa shape index (κ2) is 7.64. The molecule has 0 saturated carbocycles. The minimum atomic E-state index is 0.551. The van der Waals surface area contributed by atoms with Gasteiger partial charge in [-0.3, -0.25) is 0 Å². The van der Waals surface area contributed by atoms with E-state index in [4.69, 9.17) is 9.72 Å². The Kier molecular flexibility index (Phi) is 4.55. The Bertz CT molecular complexity index is 1220. The molecule has 140 valence electrons. The maximum absolute atomic E-state index is 6.02. The minimum absolute atomic E-state index is 0.551. The predicted octanol–water partition coefficient (Wildman–Crippen LogP) is 6.48. The summed E-state index contributed by atoms with van der Waals surface area (Å²) in [5.41, 5.74) is 6.46. The maximum Gasteiger partial charge on any atom is 0.139 e. The van der Waals surface area contributed by atoms with Crippen molar-refractivity contribution in [3.63, 3.8) is 0 Å². The van der Waals surface area contributed by atoms with E-state index >= 15 is 0 Å². The van der Waals surface area contributed by atoms with Crippen LogP contribution in [0.4, 0.5) is 0 Å². The van der Waals surface area contributed by atoms with Crippen LogP contribution in [0.3, 0.4) is 0 Å². The number of para-hydroxylation sites is 2. The molecule has 0 saturated heterocycles. The molecule has 1 heterocycles. The lowest BCUT2D eigenvalue weighted by Gasteiger charge is -2.11.